The van der Waals surface area contributed by atoms with Crippen molar-refractivity contribution in [2.45, 2.75) is 26.2 Å². The molecule has 1 heterocycles. The third kappa shape index (κ3) is 3.51. The molecule has 0 unspecified atom stereocenters. The van der Waals surface area contributed by atoms with E-state index in [1.165, 1.54) is 16.5 Å². The van der Waals surface area contributed by atoms with Crippen molar-refractivity contribution in [2.24, 2.45) is 0 Å². The fraction of sp³-hybridized carbons (Fsp3) is 0.316. The number of hydrogen-bond acceptors (Lipinski definition) is 6. The predicted octanol–water partition coefficient (Wildman–Crippen LogP) is 3.45. The van der Waals surface area contributed by atoms with Crippen LogP contribution in [0.4, 0.5) is 17.1 Å². The van der Waals surface area contributed by atoms with E-state index in [9.17, 15) is 20.1 Å². The maximum atomic E-state index is 12.2. The highest BCUT2D eigenvalue weighted by molar-refractivity contribution is 5.99. The van der Waals surface area contributed by atoms with Gasteiger partial charge in [-0.1, -0.05) is 11.6 Å². The van der Waals surface area contributed by atoms with Crippen LogP contribution in [0.15, 0.2) is 29.5 Å². The van der Waals surface area contributed by atoms with Crippen molar-refractivity contribution >= 4 is 23.0 Å². The van der Waals surface area contributed by atoms with Crippen molar-refractivity contribution in [3.63, 3.8) is 0 Å². The zero-order valence-electron chi connectivity index (χ0n) is 15.6. The molecule has 0 radical (unpaired) electrons. The lowest BCUT2D eigenvalue weighted by Crippen LogP contribution is -2.21. The molecule has 0 bridgehead atoms. The number of amides is 1. The lowest BCUT2D eigenvalue weighted by atomic mass is 10.1. The van der Waals surface area contributed by atoms with Crippen LogP contribution in [0.25, 0.3) is 0 Å². The fourth-order valence-corrected chi connectivity index (χ4v) is 3.12. The zero-order valence-corrected chi connectivity index (χ0v) is 15.6. The largest absolute Gasteiger partial charge is 0.505 e. The molecule has 3 rings (SSSR count). The van der Waals surface area contributed by atoms with Crippen LogP contribution in [0.3, 0.4) is 0 Å². The topological polar surface area (TPSA) is 121 Å². The number of carbonyl (C=O) groups is 1. The van der Waals surface area contributed by atoms with E-state index in [1.54, 1.807) is 26.2 Å². The molecule has 0 spiro atoms. The van der Waals surface area contributed by atoms with Gasteiger partial charge in [0.25, 0.3) is 5.91 Å². The second-order valence-corrected chi connectivity index (χ2v) is 6.84. The second-order valence-electron chi connectivity index (χ2n) is 6.84. The number of phenols is 1. The maximum absolute atomic E-state index is 12.2. The van der Waals surface area contributed by atoms with Crippen molar-refractivity contribution in [1.29, 1.82) is 0 Å². The number of para-hydroxylation sites is 1. The summed E-state index contributed by atoms with van der Waals surface area (Å²) in [5.41, 5.74) is 3.03. The minimum atomic E-state index is -0.345. The number of carbonyl (C=O) groups excluding carboxylic acids is 1. The summed E-state index contributed by atoms with van der Waals surface area (Å²) < 4.78 is 0. The molecule has 6 N–H and O–H groups in total. The smallest absolute Gasteiger partial charge is 0.257 e. The molecule has 8 heteroatoms. The summed E-state index contributed by atoms with van der Waals surface area (Å²) >= 11 is 0. The molecular weight excluding hydrogens is 348 g/mol. The molecule has 8 nitrogen and oxygen atoms in total. The van der Waals surface area contributed by atoms with Crippen LogP contribution in [-0.2, 0) is 0 Å². The van der Waals surface area contributed by atoms with Crippen LogP contribution >= 0.6 is 0 Å². The SMILES string of the molecule is CC1=C(Nc2c(O)[nH]c(O)c2Nc2cccc(C(=O)N(C)C)c2O)CCC1. The van der Waals surface area contributed by atoms with Crippen molar-refractivity contribution < 1.29 is 20.1 Å². The monoisotopic (exact) mass is 372 g/mol. The summed E-state index contributed by atoms with van der Waals surface area (Å²) in [7, 11) is 3.19. The fourth-order valence-electron chi connectivity index (χ4n) is 3.12. The van der Waals surface area contributed by atoms with Gasteiger partial charge in [0.15, 0.2) is 5.75 Å². The number of aromatic hydroxyl groups is 3. The second kappa shape index (κ2) is 7.14. The molecule has 1 aliphatic rings. The number of benzene rings is 1. The summed E-state index contributed by atoms with van der Waals surface area (Å²) in [4.78, 5) is 16.0. The van der Waals surface area contributed by atoms with Crippen LogP contribution in [-0.4, -0.2) is 45.2 Å². The number of rotatable bonds is 5. The van der Waals surface area contributed by atoms with Gasteiger partial charge in [-0.15, -0.1) is 0 Å². The number of aromatic nitrogens is 1. The zero-order chi connectivity index (χ0) is 19.7. The normalized spacial score (nSPS) is 13.7. The molecule has 1 aliphatic carbocycles. The third-order valence-corrected chi connectivity index (χ3v) is 4.66. The van der Waals surface area contributed by atoms with E-state index >= 15 is 0 Å². The molecular formula is C19H24N4O4. The van der Waals surface area contributed by atoms with E-state index in [1.807, 2.05) is 6.92 Å². The Morgan fingerprint density at radius 1 is 1.07 bits per heavy atom. The van der Waals surface area contributed by atoms with Crippen molar-refractivity contribution in [3.8, 4) is 17.5 Å². The standard InChI is InChI=1S/C19H24N4O4/c1-10-6-4-8-12(10)20-14-15(18(26)22-17(14)25)21-13-9-5-7-11(16(13)24)19(27)23(2)3/h5,7,9,20-22,24-26H,4,6,8H2,1-3H3. The number of anilines is 3. The van der Waals surface area contributed by atoms with E-state index in [-0.39, 0.29) is 46.0 Å². The molecule has 144 valence electrons. The number of hydrogen-bond donors (Lipinski definition) is 6. The number of nitrogens with zero attached hydrogens (tertiary/aromatic N) is 1. The van der Waals surface area contributed by atoms with Gasteiger partial charge in [-0.2, -0.15) is 0 Å². The van der Waals surface area contributed by atoms with Crippen molar-refractivity contribution in [1.82, 2.24) is 9.88 Å². The first kappa shape index (κ1) is 18.5. The van der Waals surface area contributed by atoms with E-state index in [2.05, 4.69) is 15.6 Å². The molecule has 0 fully saturated rings. The van der Waals surface area contributed by atoms with Gasteiger partial charge >= 0.3 is 0 Å². The Morgan fingerprint density at radius 3 is 2.33 bits per heavy atom. The minimum Gasteiger partial charge on any atom is -0.505 e. The van der Waals surface area contributed by atoms with Crippen LogP contribution in [0.5, 0.6) is 17.5 Å². The van der Waals surface area contributed by atoms with Crippen LogP contribution in [0.1, 0.15) is 36.5 Å². The highest BCUT2D eigenvalue weighted by Gasteiger charge is 2.23. The molecule has 1 amide bonds. The molecule has 0 aliphatic heterocycles. The highest BCUT2D eigenvalue weighted by Crippen LogP contribution is 2.44. The van der Waals surface area contributed by atoms with Gasteiger partial charge in [-0.05, 0) is 38.3 Å². The van der Waals surface area contributed by atoms with E-state index < -0.39 is 0 Å². The van der Waals surface area contributed by atoms with E-state index in [0.717, 1.165) is 25.0 Å². The van der Waals surface area contributed by atoms with Gasteiger partial charge in [0.2, 0.25) is 11.8 Å². The predicted molar refractivity (Wildman–Crippen MR) is 104 cm³/mol. The van der Waals surface area contributed by atoms with Crippen LogP contribution in [0.2, 0.25) is 0 Å². The Hall–Kier alpha value is -3.29. The first-order valence-electron chi connectivity index (χ1n) is 8.69. The van der Waals surface area contributed by atoms with Crippen LogP contribution in [0, 0.1) is 0 Å². The van der Waals surface area contributed by atoms with Gasteiger partial charge in [0, 0.05) is 19.8 Å². The van der Waals surface area contributed by atoms with Gasteiger partial charge < -0.3 is 30.9 Å². The number of nitrogens with one attached hydrogen (secondary N) is 3. The molecule has 27 heavy (non-hydrogen) atoms. The summed E-state index contributed by atoms with van der Waals surface area (Å²) in [5.74, 6) is -1.09. The lowest BCUT2D eigenvalue weighted by Gasteiger charge is -2.16. The Labute approximate surface area is 157 Å². The highest BCUT2D eigenvalue weighted by atomic mass is 16.3. The average Bonchev–Trinajstić information content (AvgIpc) is 3.13. The van der Waals surface area contributed by atoms with Crippen LogP contribution < -0.4 is 10.6 Å². The van der Waals surface area contributed by atoms with Gasteiger partial charge in [-0.25, -0.2) is 0 Å². The molecule has 0 atom stereocenters. The number of aromatic amines is 1. The summed E-state index contributed by atoms with van der Waals surface area (Å²) in [6.45, 7) is 2.02. The molecule has 0 saturated heterocycles. The summed E-state index contributed by atoms with van der Waals surface area (Å²) in [6.07, 6.45) is 2.87. The van der Waals surface area contributed by atoms with Gasteiger partial charge in [-0.3, -0.25) is 9.78 Å². The molecule has 1 aromatic carbocycles. The molecule has 0 saturated carbocycles. The quantitative estimate of drug-likeness (QED) is 0.447. The number of phenolic OH excluding ortho intramolecular Hbond substituents is 1. The number of allylic oxidation sites excluding steroid dienone is 2. The Bertz CT molecular complexity index is 915. The molecule has 1 aromatic heterocycles. The first-order chi connectivity index (χ1) is 12.8. The number of H-pyrrole nitrogens is 1. The van der Waals surface area contributed by atoms with Gasteiger partial charge in [0.05, 0.1) is 11.3 Å². The minimum absolute atomic E-state index is 0.133. The summed E-state index contributed by atoms with van der Waals surface area (Å²) in [6, 6.07) is 4.72. The van der Waals surface area contributed by atoms with E-state index in [4.69, 9.17) is 0 Å². The van der Waals surface area contributed by atoms with Crippen molar-refractivity contribution in [2.75, 3.05) is 24.7 Å². The Morgan fingerprint density at radius 2 is 1.74 bits per heavy atom. The van der Waals surface area contributed by atoms with E-state index in [0.29, 0.717) is 0 Å². The maximum Gasteiger partial charge on any atom is 0.257 e. The lowest BCUT2D eigenvalue weighted by molar-refractivity contribution is 0.0824. The summed E-state index contributed by atoms with van der Waals surface area (Å²) in [5, 5.41) is 36.9. The van der Waals surface area contributed by atoms with Gasteiger partial charge in [0.1, 0.15) is 11.4 Å². The third-order valence-electron chi connectivity index (χ3n) is 4.66. The first-order valence-corrected chi connectivity index (χ1v) is 8.69. The molecule has 2 aromatic rings. The average molecular weight is 372 g/mol. The Balaban J connectivity index is 1.96. The van der Waals surface area contributed by atoms with Crippen molar-refractivity contribution in [3.05, 3.63) is 35.0 Å². The Kier molecular flexibility index (Phi) is 4.89.